The predicted octanol–water partition coefficient (Wildman–Crippen LogP) is 14.5. The van der Waals surface area contributed by atoms with Crippen LogP contribution in [-0.4, -0.2) is 6.54 Å². The van der Waals surface area contributed by atoms with E-state index in [0.717, 1.165) is 13.0 Å². The molecule has 4 heteroatoms. The van der Waals surface area contributed by atoms with Crippen LogP contribution in [0.15, 0.2) is 155 Å². The Kier molecular flexibility index (Phi) is 7.24. The molecule has 1 aliphatic carbocycles. The van der Waals surface area contributed by atoms with E-state index in [-0.39, 0.29) is 5.41 Å². The maximum absolute atomic E-state index is 2.52. The molecule has 1 aromatic heterocycles. The van der Waals surface area contributed by atoms with Crippen LogP contribution < -0.4 is 9.80 Å². The molecule has 11 rings (SSSR count). The van der Waals surface area contributed by atoms with Gasteiger partial charge in [0.1, 0.15) is 0 Å². The van der Waals surface area contributed by atoms with E-state index in [1.54, 1.807) is 0 Å². The van der Waals surface area contributed by atoms with Gasteiger partial charge in [-0.2, -0.15) is 0 Å². The van der Waals surface area contributed by atoms with Crippen LogP contribution in [0.2, 0.25) is 0 Å². The van der Waals surface area contributed by atoms with Crippen molar-refractivity contribution in [2.45, 2.75) is 41.9 Å². The monoisotopic (exact) mass is 730 g/mol. The molecule has 0 unspecified atom stereocenters. The molecule has 0 saturated carbocycles. The second-order valence-corrected chi connectivity index (χ2v) is 17.5. The smallest absolute Gasteiger partial charge is 0.0601 e. The molecule has 0 saturated heterocycles. The van der Waals surface area contributed by atoms with Crippen LogP contribution in [-0.2, 0) is 11.8 Å². The summed E-state index contributed by atoms with van der Waals surface area (Å²) in [5.41, 5.74) is 15.7. The van der Waals surface area contributed by atoms with Gasteiger partial charge in [0, 0.05) is 59.0 Å². The normalized spacial score (nSPS) is 15.3. The van der Waals surface area contributed by atoms with Gasteiger partial charge in [-0.25, -0.2) is 0 Å². The van der Waals surface area contributed by atoms with Gasteiger partial charge in [-0.1, -0.05) is 111 Å². The zero-order valence-electron chi connectivity index (χ0n) is 30.3. The maximum Gasteiger partial charge on any atom is 0.0601 e. The molecule has 260 valence electrons. The molecule has 3 heterocycles. The van der Waals surface area contributed by atoms with E-state index in [1.165, 1.54) is 104 Å². The first-order valence-corrected chi connectivity index (χ1v) is 20.6. The molecular formula is C50H38N2S2. The summed E-state index contributed by atoms with van der Waals surface area (Å²) in [6.07, 6.45) is 6.91. The number of hydrogen-bond donors (Lipinski definition) is 0. The predicted molar refractivity (Wildman–Crippen MR) is 233 cm³/mol. The van der Waals surface area contributed by atoms with Gasteiger partial charge >= 0.3 is 0 Å². The Hall–Kier alpha value is -5.55. The van der Waals surface area contributed by atoms with Gasteiger partial charge < -0.3 is 9.80 Å². The molecule has 0 bridgehead atoms. The third-order valence-electron chi connectivity index (χ3n) is 11.7. The molecule has 54 heavy (non-hydrogen) atoms. The lowest BCUT2D eigenvalue weighted by molar-refractivity contribution is 0.659. The van der Waals surface area contributed by atoms with Crippen molar-refractivity contribution in [3.63, 3.8) is 0 Å². The lowest BCUT2D eigenvalue weighted by Gasteiger charge is -2.32. The minimum Gasteiger partial charge on any atom is -0.341 e. The first-order valence-electron chi connectivity index (χ1n) is 18.9. The number of anilines is 5. The number of fused-ring (bicyclic) bond motifs is 9. The van der Waals surface area contributed by atoms with Gasteiger partial charge in [-0.3, -0.25) is 0 Å². The second kappa shape index (κ2) is 12.2. The van der Waals surface area contributed by atoms with Crippen LogP contribution in [0, 0.1) is 0 Å². The molecule has 8 aromatic rings. The number of benzene rings is 7. The number of hydrogen-bond acceptors (Lipinski definition) is 4. The van der Waals surface area contributed by atoms with Crippen LogP contribution in [0.3, 0.4) is 0 Å². The molecule has 2 nitrogen and oxygen atoms in total. The van der Waals surface area contributed by atoms with E-state index >= 15 is 0 Å². The van der Waals surface area contributed by atoms with Gasteiger partial charge in [-0.15, -0.1) is 11.3 Å². The number of aryl methyl sites for hydroxylation is 1. The summed E-state index contributed by atoms with van der Waals surface area (Å²) < 4.78 is 2.63. The molecule has 2 aliphatic heterocycles. The number of para-hydroxylation sites is 3. The minimum atomic E-state index is -0.0832. The van der Waals surface area contributed by atoms with Crippen molar-refractivity contribution in [3.8, 4) is 11.1 Å². The standard InChI is InChI=1S/C50H38N2S2/c1-50(2)41-29-33(19-23-37(41)38-24-21-35(31-42(38)50)51-27-9-11-34-10-3-4-12-43(34)51)18-17-32-20-25-46-39(28-32)40-30-36(22-26-47(40)53-46)52-44-13-5-7-15-48(44)54-49-16-8-6-14-45(49)52/h3-8,10,12-26,28-31H,9,11,27H2,1-2H3. The summed E-state index contributed by atoms with van der Waals surface area (Å²) in [5, 5.41) is 2.62. The van der Waals surface area contributed by atoms with Gasteiger partial charge in [0.05, 0.1) is 11.4 Å². The number of rotatable bonds is 4. The van der Waals surface area contributed by atoms with Crippen molar-refractivity contribution in [1.29, 1.82) is 0 Å². The molecule has 0 atom stereocenters. The van der Waals surface area contributed by atoms with E-state index < -0.39 is 0 Å². The molecule has 0 N–H and O–H groups in total. The van der Waals surface area contributed by atoms with Gasteiger partial charge in [0.25, 0.3) is 0 Å². The average molecular weight is 731 g/mol. The first-order chi connectivity index (χ1) is 26.5. The summed E-state index contributed by atoms with van der Waals surface area (Å²) in [6.45, 7) is 5.85. The quantitative estimate of drug-likeness (QED) is 0.167. The molecule has 0 radical (unpaired) electrons. The van der Waals surface area contributed by atoms with E-state index in [2.05, 4.69) is 181 Å². The molecular weight excluding hydrogens is 693 g/mol. The molecule has 0 spiro atoms. The average Bonchev–Trinajstić information content (AvgIpc) is 3.69. The molecule has 0 amide bonds. The Morgan fingerprint density at radius 1 is 0.556 bits per heavy atom. The topological polar surface area (TPSA) is 6.48 Å². The Morgan fingerprint density at radius 3 is 1.93 bits per heavy atom. The summed E-state index contributed by atoms with van der Waals surface area (Å²) in [6, 6.07) is 54.5. The maximum atomic E-state index is 2.52. The Bertz CT molecular complexity index is 2800. The van der Waals surface area contributed by atoms with Crippen molar-refractivity contribution in [1.82, 2.24) is 0 Å². The summed E-state index contributed by atoms with van der Waals surface area (Å²) >= 11 is 3.73. The van der Waals surface area contributed by atoms with Crippen LogP contribution in [0.5, 0.6) is 0 Å². The fourth-order valence-electron chi connectivity index (χ4n) is 9.02. The van der Waals surface area contributed by atoms with Crippen molar-refractivity contribution >= 4 is 83.9 Å². The van der Waals surface area contributed by atoms with Crippen LogP contribution in [0.4, 0.5) is 28.4 Å². The minimum absolute atomic E-state index is 0.0832. The van der Waals surface area contributed by atoms with Crippen molar-refractivity contribution in [3.05, 3.63) is 173 Å². The van der Waals surface area contributed by atoms with Crippen molar-refractivity contribution in [2.75, 3.05) is 16.3 Å². The highest BCUT2D eigenvalue weighted by atomic mass is 32.2. The largest absolute Gasteiger partial charge is 0.341 e. The zero-order valence-corrected chi connectivity index (χ0v) is 32.0. The van der Waals surface area contributed by atoms with Gasteiger partial charge in [0.15, 0.2) is 0 Å². The zero-order chi connectivity index (χ0) is 36.0. The molecule has 3 aliphatic rings. The van der Waals surface area contributed by atoms with E-state index in [9.17, 15) is 0 Å². The molecule has 0 fully saturated rings. The van der Waals surface area contributed by atoms with Gasteiger partial charge in [-0.05, 0) is 125 Å². The summed E-state index contributed by atoms with van der Waals surface area (Å²) in [5.74, 6) is 0. The Labute approximate surface area is 325 Å². The SMILES string of the molecule is CC1(C)c2cc(C=Cc3ccc4sc5ccc(N6c7ccccc7Sc7ccccc76)cc5c4c3)ccc2-c2ccc(N3CCCc4ccccc43)cc21. The Balaban J connectivity index is 0.916. The van der Waals surface area contributed by atoms with Gasteiger partial charge in [0.2, 0.25) is 0 Å². The fourth-order valence-corrected chi connectivity index (χ4v) is 11.1. The number of thiophene rings is 1. The third-order valence-corrected chi connectivity index (χ3v) is 14.0. The first kappa shape index (κ1) is 31.9. The highest BCUT2D eigenvalue weighted by Gasteiger charge is 2.36. The Morgan fingerprint density at radius 2 is 1.15 bits per heavy atom. The van der Waals surface area contributed by atoms with Crippen molar-refractivity contribution < 1.29 is 0 Å². The second-order valence-electron chi connectivity index (χ2n) is 15.3. The molecule has 7 aromatic carbocycles. The summed E-state index contributed by atoms with van der Waals surface area (Å²) in [4.78, 5) is 7.51. The van der Waals surface area contributed by atoms with E-state index in [0.29, 0.717) is 0 Å². The van der Waals surface area contributed by atoms with Crippen LogP contribution in [0.25, 0.3) is 43.5 Å². The van der Waals surface area contributed by atoms with Crippen molar-refractivity contribution in [2.24, 2.45) is 0 Å². The van der Waals surface area contributed by atoms with E-state index in [1.807, 2.05) is 23.1 Å². The highest BCUT2D eigenvalue weighted by Crippen LogP contribution is 2.53. The summed E-state index contributed by atoms with van der Waals surface area (Å²) in [7, 11) is 0. The lowest BCUT2D eigenvalue weighted by Crippen LogP contribution is -2.25. The van der Waals surface area contributed by atoms with Crippen LogP contribution >= 0.6 is 23.1 Å². The highest BCUT2D eigenvalue weighted by molar-refractivity contribution is 7.99. The number of nitrogens with zero attached hydrogens (tertiary/aromatic N) is 2. The van der Waals surface area contributed by atoms with Crippen LogP contribution in [0.1, 0.15) is 48.1 Å². The lowest BCUT2D eigenvalue weighted by atomic mass is 9.81. The third kappa shape index (κ3) is 5.01. The fraction of sp³-hybridized carbons (Fsp3) is 0.120. The van der Waals surface area contributed by atoms with E-state index in [4.69, 9.17) is 0 Å².